The molecule has 0 aromatic rings. The number of rotatable bonds is 6. The lowest BCUT2D eigenvalue weighted by atomic mass is 9.82. The summed E-state index contributed by atoms with van der Waals surface area (Å²) in [7, 11) is 0. The summed E-state index contributed by atoms with van der Waals surface area (Å²) in [5.41, 5.74) is 6.18. The highest BCUT2D eigenvalue weighted by molar-refractivity contribution is 4.94. The van der Waals surface area contributed by atoms with Gasteiger partial charge in [0.15, 0.2) is 0 Å². The van der Waals surface area contributed by atoms with E-state index in [2.05, 4.69) is 23.6 Å². The Kier molecular flexibility index (Phi) is 5.46. The van der Waals surface area contributed by atoms with Crippen molar-refractivity contribution in [3.63, 3.8) is 0 Å². The number of piperidine rings is 2. The van der Waals surface area contributed by atoms with E-state index in [1.807, 2.05) is 0 Å². The Morgan fingerprint density at radius 2 is 1.78 bits per heavy atom. The van der Waals surface area contributed by atoms with Crippen LogP contribution in [0.5, 0.6) is 0 Å². The Morgan fingerprint density at radius 1 is 1.11 bits per heavy atom. The number of hydrogen-bond acceptors (Lipinski definition) is 3. The van der Waals surface area contributed by atoms with Crippen LogP contribution in [-0.4, -0.2) is 54.1 Å². The third-order valence-corrected chi connectivity index (χ3v) is 4.82. The van der Waals surface area contributed by atoms with Gasteiger partial charge in [0.25, 0.3) is 0 Å². The summed E-state index contributed by atoms with van der Waals surface area (Å²) < 4.78 is 0. The van der Waals surface area contributed by atoms with Crippen LogP contribution in [0.2, 0.25) is 0 Å². The molecule has 3 heteroatoms. The van der Waals surface area contributed by atoms with Gasteiger partial charge in [-0.05, 0) is 45.2 Å². The van der Waals surface area contributed by atoms with Crippen LogP contribution in [0.15, 0.2) is 0 Å². The fourth-order valence-electron chi connectivity index (χ4n) is 3.89. The lowest BCUT2D eigenvalue weighted by molar-refractivity contribution is 0.0240. The van der Waals surface area contributed by atoms with Crippen LogP contribution in [0.1, 0.15) is 52.4 Å². The molecule has 2 fully saturated rings. The lowest BCUT2D eigenvalue weighted by Crippen LogP contribution is -2.56. The molecule has 0 aliphatic carbocycles. The molecular weight excluding hydrogens is 222 g/mol. The van der Waals surface area contributed by atoms with Crippen LogP contribution < -0.4 is 5.73 Å². The van der Waals surface area contributed by atoms with Gasteiger partial charge in [0.1, 0.15) is 0 Å². The van der Waals surface area contributed by atoms with E-state index >= 15 is 0 Å². The number of nitrogens with two attached hydrogens (primary N) is 1. The molecule has 0 amide bonds. The standard InChI is InChI=1S/C15H31N3/c1-3-8-17(4-2)9-10-18-14-6-5-7-15(18)12-13(16)11-14/h13-15H,3-12,16H2,1-2H3. The minimum atomic E-state index is 0.467. The Morgan fingerprint density at radius 3 is 2.33 bits per heavy atom. The van der Waals surface area contributed by atoms with Gasteiger partial charge in [0.2, 0.25) is 0 Å². The first-order valence-electron chi connectivity index (χ1n) is 7.98. The predicted octanol–water partition coefficient (Wildman–Crippen LogP) is 2.06. The third kappa shape index (κ3) is 3.46. The lowest BCUT2D eigenvalue weighted by Gasteiger charge is -2.48. The van der Waals surface area contributed by atoms with Gasteiger partial charge >= 0.3 is 0 Å². The van der Waals surface area contributed by atoms with Crippen molar-refractivity contribution in [1.82, 2.24) is 9.80 Å². The molecule has 3 nitrogen and oxygen atoms in total. The Bertz CT molecular complexity index is 230. The molecule has 2 atom stereocenters. The first-order valence-corrected chi connectivity index (χ1v) is 7.98. The van der Waals surface area contributed by atoms with E-state index in [4.69, 9.17) is 5.73 Å². The molecule has 2 aliphatic heterocycles. The molecule has 0 aromatic carbocycles. The Balaban J connectivity index is 1.84. The van der Waals surface area contributed by atoms with E-state index in [-0.39, 0.29) is 0 Å². The molecule has 0 spiro atoms. The summed E-state index contributed by atoms with van der Waals surface area (Å²) in [6.07, 6.45) is 7.91. The highest BCUT2D eigenvalue weighted by atomic mass is 15.2. The second-order valence-corrected chi connectivity index (χ2v) is 6.14. The summed E-state index contributed by atoms with van der Waals surface area (Å²) in [6.45, 7) is 9.50. The zero-order valence-corrected chi connectivity index (χ0v) is 12.3. The van der Waals surface area contributed by atoms with E-state index in [1.54, 1.807) is 0 Å². The van der Waals surface area contributed by atoms with Gasteiger partial charge in [0, 0.05) is 31.2 Å². The third-order valence-electron chi connectivity index (χ3n) is 4.82. The first-order chi connectivity index (χ1) is 8.74. The van der Waals surface area contributed by atoms with Gasteiger partial charge in [-0.15, -0.1) is 0 Å². The van der Waals surface area contributed by atoms with Crippen molar-refractivity contribution >= 4 is 0 Å². The van der Waals surface area contributed by atoms with Crippen molar-refractivity contribution in [2.24, 2.45) is 5.73 Å². The molecule has 2 bridgehead atoms. The van der Waals surface area contributed by atoms with Gasteiger partial charge in [0.05, 0.1) is 0 Å². The second-order valence-electron chi connectivity index (χ2n) is 6.14. The van der Waals surface area contributed by atoms with E-state index in [1.165, 1.54) is 64.7 Å². The molecule has 18 heavy (non-hydrogen) atoms. The minimum absolute atomic E-state index is 0.467. The predicted molar refractivity (Wildman–Crippen MR) is 77.7 cm³/mol. The molecule has 0 saturated carbocycles. The normalized spacial score (nSPS) is 33.0. The number of hydrogen-bond donors (Lipinski definition) is 1. The summed E-state index contributed by atoms with van der Waals surface area (Å²) in [5.74, 6) is 0. The fourth-order valence-corrected chi connectivity index (χ4v) is 3.89. The molecule has 0 radical (unpaired) electrons. The van der Waals surface area contributed by atoms with Crippen molar-refractivity contribution in [3.05, 3.63) is 0 Å². The first kappa shape index (κ1) is 14.3. The molecule has 2 N–H and O–H groups in total. The molecule has 2 saturated heterocycles. The molecule has 2 heterocycles. The van der Waals surface area contributed by atoms with Crippen LogP contribution in [0, 0.1) is 0 Å². The van der Waals surface area contributed by atoms with Crippen molar-refractivity contribution in [2.75, 3.05) is 26.2 Å². The Hall–Kier alpha value is -0.120. The maximum Gasteiger partial charge on any atom is 0.0115 e. The minimum Gasteiger partial charge on any atom is -0.328 e. The molecule has 0 aromatic heterocycles. The monoisotopic (exact) mass is 253 g/mol. The molecule has 2 aliphatic rings. The molecule has 2 unspecified atom stereocenters. The SMILES string of the molecule is CCCN(CC)CCN1C2CCCC1CC(N)C2. The number of nitrogens with zero attached hydrogens (tertiary/aromatic N) is 2. The highest BCUT2D eigenvalue weighted by Gasteiger charge is 2.36. The summed E-state index contributed by atoms with van der Waals surface area (Å²) >= 11 is 0. The van der Waals surface area contributed by atoms with E-state index in [0.717, 1.165) is 12.1 Å². The van der Waals surface area contributed by atoms with Crippen LogP contribution >= 0.6 is 0 Å². The average Bonchev–Trinajstić information content (AvgIpc) is 2.34. The van der Waals surface area contributed by atoms with Crippen LogP contribution in [0.4, 0.5) is 0 Å². The van der Waals surface area contributed by atoms with Gasteiger partial charge in [-0.1, -0.05) is 20.3 Å². The summed E-state index contributed by atoms with van der Waals surface area (Å²) in [4.78, 5) is 5.37. The van der Waals surface area contributed by atoms with E-state index < -0.39 is 0 Å². The zero-order chi connectivity index (χ0) is 13.0. The molecule has 106 valence electrons. The van der Waals surface area contributed by atoms with Crippen molar-refractivity contribution in [2.45, 2.75) is 70.5 Å². The van der Waals surface area contributed by atoms with Crippen LogP contribution in [-0.2, 0) is 0 Å². The van der Waals surface area contributed by atoms with Gasteiger partial charge in [-0.2, -0.15) is 0 Å². The fraction of sp³-hybridized carbons (Fsp3) is 1.00. The highest BCUT2D eigenvalue weighted by Crippen LogP contribution is 2.32. The van der Waals surface area contributed by atoms with Crippen molar-refractivity contribution in [1.29, 1.82) is 0 Å². The second kappa shape index (κ2) is 6.88. The number of fused-ring (bicyclic) bond motifs is 2. The van der Waals surface area contributed by atoms with Gasteiger partial charge in [-0.3, -0.25) is 4.90 Å². The quantitative estimate of drug-likeness (QED) is 0.786. The maximum absolute atomic E-state index is 6.18. The molecular formula is C15H31N3. The van der Waals surface area contributed by atoms with Gasteiger partial charge < -0.3 is 10.6 Å². The van der Waals surface area contributed by atoms with Gasteiger partial charge in [-0.25, -0.2) is 0 Å². The summed E-state index contributed by atoms with van der Waals surface area (Å²) in [5, 5.41) is 0. The largest absolute Gasteiger partial charge is 0.328 e. The smallest absolute Gasteiger partial charge is 0.0115 e. The van der Waals surface area contributed by atoms with Crippen LogP contribution in [0.25, 0.3) is 0 Å². The number of likely N-dealkylation sites (N-methyl/N-ethyl adjacent to an activating group) is 1. The molecule has 2 rings (SSSR count). The average molecular weight is 253 g/mol. The zero-order valence-electron chi connectivity index (χ0n) is 12.3. The topological polar surface area (TPSA) is 32.5 Å². The maximum atomic E-state index is 6.18. The van der Waals surface area contributed by atoms with E-state index in [9.17, 15) is 0 Å². The van der Waals surface area contributed by atoms with E-state index in [0.29, 0.717) is 6.04 Å². The van der Waals surface area contributed by atoms with Crippen LogP contribution in [0.3, 0.4) is 0 Å². The van der Waals surface area contributed by atoms with Crippen molar-refractivity contribution in [3.8, 4) is 0 Å². The Labute approximate surface area is 113 Å². The van der Waals surface area contributed by atoms with Crippen molar-refractivity contribution < 1.29 is 0 Å². The summed E-state index contributed by atoms with van der Waals surface area (Å²) in [6, 6.07) is 2.04.